The first-order valence-electron chi connectivity index (χ1n) is 5.85. The number of carbonyl (C=O) groups excluding carboxylic acids is 2. The van der Waals surface area contributed by atoms with Crippen LogP contribution < -0.4 is 5.32 Å². The predicted molar refractivity (Wildman–Crippen MR) is 60.3 cm³/mol. The predicted octanol–water partition coefficient (Wildman–Crippen LogP) is -0.0217. The zero-order valence-electron chi connectivity index (χ0n) is 9.94. The van der Waals surface area contributed by atoms with Crippen molar-refractivity contribution >= 4 is 17.8 Å². The number of likely N-dealkylation sites (tertiary alicyclic amines) is 1. The lowest BCUT2D eigenvalue weighted by Gasteiger charge is -2.23. The maximum atomic E-state index is 11.7. The Morgan fingerprint density at radius 2 is 2.12 bits per heavy atom. The molecule has 0 saturated carbocycles. The summed E-state index contributed by atoms with van der Waals surface area (Å²) >= 11 is 0. The minimum absolute atomic E-state index is 0.0273. The molecule has 1 rings (SSSR count). The fourth-order valence-corrected chi connectivity index (χ4v) is 1.98. The van der Waals surface area contributed by atoms with Crippen LogP contribution in [0.3, 0.4) is 0 Å². The first-order chi connectivity index (χ1) is 8.06. The van der Waals surface area contributed by atoms with Crippen LogP contribution in [0.1, 0.15) is 32.6 Å². The average Bonchev–Trinajstić information content (AvgIpc) is 2.75. The summed E-state index contributed by atoms with van der Waals surface area (Å²) in [5.41, 5.74) is 0. The second-order valence-electron chi connectivity index (χ2n) is 4.11. The quantitative estimate of drug-likeness (QED) is 0.709. The minimum Gasteiger partial charge on any atom is -0.480 e. The Labute approximate surface area is 100.0 Å². The lowest BCUT2D eigenvalue weighted by atomic mass is 10.2. The molecule has 0 aromatic heterocycles. The Bertz CT molecular complexity index is 317. The third kappa shape index (κ3) is 3.72. The largest absolute Gasteiger partial charge is 0.480 e. The molecule has 0 radical (unpaired) electrons. The van der Waals surface area contributed by atoms with Crippen LogP contribution >= 0.6 is 0 Å². The minimum atomic E-state index is -1.08. The van der Waals surface area contributed by atoms with Crippen molar-refractivity contribution in [2.75, 3.05) is 13.1 Å². The highest BCUT2D eigenvalue weighted by Crippen LogP contribution is 2.18. The van der Waals surface area contributed by atoms with Crippen molar-refractivity contribution in [2.24, 2.45) is 0 Å². The zero-order chi connectivity index (χ0) is 12.8. The normalized spacial score (nSPS) is 19.1. The van der Waals surface area contributed by atoms with Crippen LogP contribution in [0.4, 0.5) is 0 Å². The van der Waals surface area contributed by atoms with Gasteiger partial charge in [0.25, 0.3) is 0 Å². The molecule has 2 N–H and O–H groups in total. The van der Waals surface area contributed by atoms with Crippen LogP contribution in [0.15, 0.2) is 0 Å². The van der Waals surface area contributed by atoms with E-state index in [9.17, 15) is 14.4 Å². The molecule has 6 nitrogen and oxygen atoms in total. The highest BCUT2D eigenvalue weighted by molar-refractivity contribution is 5.89. The zero-order valence-corrected chi connectivity index (χ0v) is 9.94. The van der Waals surface area contributed by atoms with Crippen LogP contribution in [-0.4, -0.2) is 46.9 Å². The van der Waals surface area contributed by atoms with Crippen molar-refractivity contribution < 1.29 is 19.5 Å². The van der Waals surface area contributed by atoms with Crippen molar-refractivity contribution in [2.45, 2.75) is 38.6 Å². The number of hydrogen-bond acceptors (Lipinski definition) is 3. The Morgan fingerprint density at radius 3 is 2.71 bits per heavy atom. The summed E-state index contributed by atoms with van der Waals surface area (Å²) in [5.74, 6) is -1.47. The van der Waals surface area contributed by atoms with Crippen LogP contribution in [0.5, 0.6) is 0 Å². The lowest BCUT2D eigenvalue weighted by Crippen LogP contribution is -2.47. The fraction of sp³-hybridized carbons (Fsp3) is 0.727. The molecule has 1 aliphatic heterocycles. The van der Waals surface area contributed by atoms with E-state index in [-0.39, 0.29) is 11.8 Å². The SMILES string of the molecule is CCCC(=O)N1CCCC1C(=O)NCC(=O)O. The number of nitrogens with zero attached hydrogens (tertiary/aromatic N) is 1. The summed E-state index contributed by atoms with van der Waals surface area (Å²) < 4.78 is 0. The molecular formula is C11H18N2O4. The molecule has 1 fully saturated rings. The topological polar surface area (TPSA) is 86.7 Å². The van der Waals surface area contributed by atoms with Gasteiger partial charge < -0.3 is 15.3 Å². The molecule has 0 aromatic carbocycles. The summed E-state index contributed by atoms with van der Waals surface area (Å²) in [7, 11) is 0. The Kier molecular flexibility index (Phi) is 4.93. The number of carboxylic acid groups (broad SMARTS) is 1. The van der Waals surface area contributed by atoms with Gasteiger partial charge in [-0.15, -0.1) is 0 Å². The highest BCUT2D eigenvalue weighted by Gasteiger charge is 2.33. The molecule has 1 saturated heterocycles. The molecule has 96 valence electrons. The van der Waals surface area contributed by atoms with E-state index >= 15 is 0 Å². The van der Waals surface area contributed by atoms with Crippen molar-refractivity contribution in [1.82, 2.24) is 10.2 Å². The monoisotopic (exact) mass is 242 g/mol. The van der Waals surface area contributed by atoms with E-state index in [0.29, 0.717) is 19.4 Å². The number of carboxylic acids is 1. The van der Waals surface area contributed by atoms with Gasteiger partial charge in [0.05, 0.1) is 0 Å². The van der Waals surface area contributed by atoms with Crippen LogP contribution in [0.2, 0.25) is 0 Å². The van der Waals surface area contributed by atoms with Crippen molar-refractivity contribution in [3.63, 3.8) is 0 Å². The molecule has 17 heavy (non-hydrogen) atoms. The van der Waals surface area contributed by atoms with Crippen molar-refractivity contribution in [3.8, 4) is 0 Å². The van der Waals surface area contributed by atoms with E-state index in [4.69, 9.17) is 5.11 Å². The van der Waals surface area contributed by atoms with Crippen molar-refractivity contribution in [3.05, 3.63) is 0 Å². The van der Waals surface area contributed by atoms with Gasteiger partial charge in [0.15, 0.2) is 0 Å². The van der Waals surface area contributed by atoms with Gasteiger partial charge in [-0.1, -0.05) is 6.92 Å². The van der Waals surface area contributed by atoms with E-state index in [1.165, 1.54) is 0 Å². The smallest absolute Gasteiger partial charge is 0.322 e. The second-order valence-corrected chi connectivity index (χ2v) is 4.11. The molecule has 1 atom stereocenters. The Morgan fingerprint density at radius 1 is 1.41 bits per heavy atom. The molecule has 0 spiro atoms. The first kappa shape index (κ1) is 13.5. The van der Waals surface area contributed by atoms with Gasteiger partial charge in [-0.2, -0.15) is 0 Å². The third-order valence-corrected chi connectivity index (χ3v) is 2.75. The molecule has 1 aliphatic rings. The summed E-state index contributed by atoms with van der Waals surface area (Å²) in [5, 5.41) is 10.8. The standard InChI is InChI=1S/C11H18N2O4/c1-2-4-9(14)13-6-3-5-8(13)11(17)12-7-10(15)16/h8H,2-7H2,1H3,(H,12,17)(H,15,16). The molecule has 1 unspecified atom stereocenters. The lowest BCUT2D eigenvalue weighted by molar-refractivity contribution is -0.140. The van der Waals surface area contributed by atoms with E-state index in [1.54, 1.807) is 4.90 Å². The van der Waals surface area contributed by atoms with Crippen LogP contribution in [-0.2, 0) is 14.4 Å². The molecule has 0 aliphatic carbocycles. The Hall–Kier alpha value is -1.59. The molecule has 1 heterocycles. The van der Waals surface area contributed by atoms with Gasteiger partial charge in [-0.3, -0.25) is 14.4 Å². The number of amides is 2. The molecular weight excluding hydrogens is 224 g/mol. The first-order valence-corrected chi connectivity index (χ1v) is 5.85. The van der Waals surface area contributed by atoms with E-state index in [0.717, 1.165) is 12.8 Å². The van der Waals surface area contributed by atoms with E-state index < -0.39 is 18.6 Å². The maximum Gasteiger partial charge on any atom is 0.322 e. The summed E-state index contributed by atoms with van der Waals surface area (Å²) in [6, 6.07) is -0.492. The van der Waals surface area contributed by atoms with Gasteiger partial charge in [0, 0.05) is 13.0 Å². The van der Waals surface area contributed by atoms with Crippen molar-refractivity contribution in [1.29, 1.82) is 0 Å². The maximum absolute atomic E-state index is 11.7. The Balaban J connectivity index is 2.53. The van der Waals surface area contributed by atoms with Crippen LogP contribution in [0.25, 0.3) is 0 Å². The van der Waals surface area contributed by atoms with Gasteiger partial charge in [0.1, 0.15) is 12.6 Å². The number of carbonyl (C=O) groups is 3. The van der Waals surface area contributed by atoms with Gasteiger partial charge >= 0.3 is 5.97 Å². The number of hydrogen-bond donors (Lipinski definition) is 2. The highest BCUT2D eigenvalue weighted by atomic mass is 16.4. The number of nitrogens with one attached hydrogen (secondary N) is 1. The van der Waals surface area contributed by atoms with Crippen LogP contribution in [0, 0.1) is 0 Å². The number of rotatable bonds is 5. The molecule has 6 heteroatoms. The van der Waals surface area contributed by atoms with Gasteiger partial charge in [-0.25, -0.2) is 0 Å². The number of aliphatic carboxylic acids is 1. The van der Waals surface area contributed by atoms with E-state index in [2.05, 4.69) is 5.32 Å². The van der Waals surface area contributed by atoms with E-state index in [1.807, 2.05) is 6.92 Å². The summed E-state index contributed by atoms with van der Waals surface area (Å²) in [4.78, 5) is 35.3. The third-order valence-electron chi connectivity index (χ3n) is 2.75. The fourth-order valence-electron chi connectivity index (χ4n) is 1.98. The average molecular weight is 242 g/mol. The van der Waals surface area contributed by atoms with Gasteiger partial charge in [-0.05, 0) is 19.3 Å². The summed E-state index contributed by atoms with van der Waals surface area (Å²) in [6.45, 7) is 2.10. The molecule has 0 aromatic rings. The second kappa shape index (κ2) is 6.22. The molecule has 2 amide bonds. The van der Waals surface area contributed by atoms with Gasteiger partial charge in [0.2, 0.25) is 11.8 Å². The molecule has 0 bridgehead atoms. The summed E-state index contributed by atoms with van der Waals surface area (Å²) in [6.07, 6.45) is 2.59.